The van der Waals surface area contributed by atoms with Gasteiger partial charge in [0.1, 0.15) is 0 Å². The molecule has 6 nitrogen and oxygen atoms in total. The minimum Gasteiger partial charge on any atom is -0.463 e. The van der Waals surface area contributed by atoms with Crippen molar-refractivity contribution in [1.82, 2.24) is 5.39 Å². The fourth-order valence-corrected chi connectivity index (χ4v) is 1.07. The SMILES string of the molecule is CC(C)OC(=O)CCCC(C)ON(O)O. The molecule has 0 radical (unpaired) electrons. The van der Waals surface area contributed by atoms with E-state index in [0.717, 1.165) is 0 Å². The number of ether oxygens (including phenoxy) is 1. The molecule has 0 aliphatic carbocycles. The van der Waals surface area contributed by atoms with Gasteiger partial charge in [-0.3, -0.25) is 15.2 Å². The van der Waals surface area contributed by atoms with Gasteiger partial charge in [-0.1, -0.05) is 0 Å². The molecule has 2 N–H and O–H groups in total. The van der Waals surface area contributed by atoms with E-state index >= 15 is 0 Å². The maximum atomic E-state index is 11.1. The van der Waals surface area contributed by atoms with E-state index in [1.165, 1.54) is 0 Å². The van der Waals surface area contributed by atoms with Crippen LogP contribution in [-0.4, -0.2) is 34.0 Å². The van der Waals surface area contributed by atoms with E-state index in [1.54, 1.807) is 20.8 Å². The lowest BCUT2D eigenvalue weighted by Crippen LogP contribution is -2.22. The van der Waals surface area contributed by atoms with Crippen LogP contribution in [0.4, 0.5) is 0 Å². The van der Waals surface area contributed by atoms with E-state index in [0.29, 0.717) is 19.3 Å². The fourth-order valence-electron chi connectivity index (χ4n) is 1.07. The molecule has 0 aliphatic heterocycles. The minimum absolute atomic E-state index is 0.100. The Labute approximate surface area is 89.3 Å². The molecule has 0 aromatic rings. The maximum absolute atomic E-state index is 11.1. The van der Waals surface area contributed by atoms with E-state index in [-0.39, 0.29) is 23.6 Å². The van der Waals surface area contributed by atoms with Crippen LogP contribution >= 0.6 is 0 Å². The average molecular weight is 221 g/mol. The molecule has 0 rings (SSSR count). The molecule has 0 aliphatic rings. The van der Waals surface area contributed by atoms with E-state index < -0.39 is 0 Å². The van der Waals surface area contributed by atoms with Crippen molar-refractivity contribution in [2.75, 3.05) is 0 Å². The number of carbonyl (C=O) groups is 1. The Bertz CT molecular complexity index is 183. The van der Waals surface area contributed by atoms with Gasteiger partial charge in [0.15, 0.2) is 0 Å². The molecule has 15 heavy (non-hydrogen) atoms. The van der Waals surface area contributed by atoms with E-state index in [4.69, 9.17) is 15.2 Å². The van der Waals surface area contributed by atoms with E-state index in [2.05, 4.69) is 4.84 Å². The Kier molecular flexibility index (Phi) is 7.23. The molecule has 1 atom stereocenters. The molecule has 6 heteroatoms. The molecule has 0 amide bonds. The minimum atomic E-state index is -0.355. The lowest BCUT2D eigenvalue weighted by molar-refractivity contribution is -0.503. The predicted molar refractivity (Wildman–Crippen MR) is 51.0 cm³/mol. The highest BCUT2D eigenvalue weighted by Gasteiger charge is 2.09. The first-order valence-electron chi connectivity index (χ1n) is 4.96. The third-order valence-corrected chi connectivity index (χ3v) is 1.63. The number of nitrogens with zero attached hydrogens (tertiary/aromatic N) is 1. The Hall–Kier alpha value is -0.690. The predicted octanol–water partition coefficient (Wildman–Crippen LogP) is 1.51. The first-order valence-corrected chi connectivity index (χ1v) is 4.96. The summed E-state index contributed by atoms with van der Waals surface area (Å²) >= 11 is 0. The summed E-state index contributed by atoms with van der Waals surface area (Å²) in [7, 11) is 0. The molecular formula is C9H19NO5. The van der Waals surface area contributed by atoms with Crippen LogP contribution in [0.5, 0.6) is 0 Å². The fraction of sp³-hybridized carbons (Fsp3) is 0.889. The smallest absolute Gasteiger partial charge is 0.306 e. The van der Waals surface area contributed by atoms with Gasteiger partial charge in [-0.05, 0) is 33.6 Å². The van der Waals surface area contributed by atoms with Crippen molar-refractivity contribution in [3.05, 3.63) is 0 Å². The Balaban J connectivity index is 3.48. The number of esters is 1. The summed E-state index contributed by atoms with van der Waals surface area (Å²) in [5.41, 5.74) is 0. The van der Waals surface area contributed by atoms with E-state index in [9.17, 15) is 4.79 Å². The van der Waals surface area contributed by atoms with Crippen molar-refractivity contribution in [2.45, 2.75) is 52.2 Å². The highest BCUT2D eigenvalue weighted by Crippen LogP contribution is 2.06. The molecule has 0 fully saturated rings. The van der Waals surface area contributed by atoms with Gasteiger partial charge in [0.05, 0.1) is 17.6 Å². The van der Waals surface area contributed by atoms with Crippen LogP contribution in [0.1, 0.15) is 40.0 Å². The van der Waals surface area contributed by atoms with Gasteiger partial charge in [0, 0.05) is 6.42 Å². The highest BCUT2D eigenvalue weighted by atomic mass is 17.1. The van der Waals surface area contributed by atoms with Crippen molar-refractivity contribution in [3.8, 4) is 0 Å². The Morgan fingerprint density at radius 2 is 1.93 bits per heavy atom. The summed E-state index contributed by atoms with van der Waals surface area (Å²) in [4.78, 5) is 15.6. The second-order valence-electron chi connectivity index (χ2n) is 3.60. The van der Waals surface area contributed by atoms with Crippen LogP contribution in [0.25, 0.3) is 0 Å². The van der Waals surface area contributed by atoms with Crippen molar-refractivity contribution < 1.29 is 24.8 Å². The topological polar surface area (TPSA) is 79.2 Å². The molecular weight excluding hydrogens is 202 g/mol. The maximum Gasteiger partial charge on any atom is 0.306 e. The lowest BCUT2D eigenvalue weighted by atomic mass is 10.2. The second-order valence-corrected chi connectivity index (χ2v) is 3.60. The zero-order valence-electron chi connectivity index (χ0n) is 9.34. The molecule has 0 aromatic heterocycles. The largest absolute Gasteiger partial charge is 0.463 e. The summed E-state index contributed by atoms with van der Waals surface area (Å²) in [6, 6.07) is 0. The van der Waals surface area contributed by atoms with Crippen molar-refractivity contribution in [2.24, 2.45) is 0 Å². The Morgan fingerprint density at radius 1 is 1.33 bits per heavy atom. The molecule has 0 saturated carbocycles. The second kappa shape index (κ2) is 7.58. The van der Waals surface area contributed by atoms with Crippen LogP contribution in [0.3, 0.4) is 0 Å². The molecule has 0 bridgehead atoms. The van der Waals surface area contributed by atoms with Crippen LogP contribution in [0.2, 0.25) is 0 Å². The van der Waals surface area contributed by atoms with Gasteiger partial charge in [0.25, 0.3) is 0 Å². The number of hydrogen-bond donors (Lipinski definition) is 2. The number of carbonyl (C=O) groups excluding carboxylic acids is 1. The number of hydrogen-bond acceptors (Lipinski definition) is 6. The lowest BCUT2D eigenvalue weighted by Gasteiger charge is -2.13. The van der Waals surface area contributed by atoms with Crippen molar-refractivity contribution >= 4 is 5.97 Å². The van der Waals surface area contributed by atoms with E-state index in [1.807, 2.05) is 0 Å². The quantitative estimate of drug-likeness (QED) is 0.501. The summed E-state index contributed by atoms with van der Waals surface area (Å²) in [5, 5.41) is 16.3. The number of rotatable bonds is 7. The van der Waals surface area contributed by atoms with Gasteiger partial charge < -0.3 is 4.74 Å². The average Bonchev–Trinajstić information content (AvgIpc) is 2.00. The first-order chi connectivity index (χ1) is 6.91. The van der Waals surface area contributed by atoms with Gasteiger partial charge in [-0.2, -0.15) is 0 Å². The molecule has 0 aromatic carbocycles. The molecule has 0 heterocycles. The third-order valence-electron chi connectivity index (χ3n) is 1.63. The van der Waals surface area contributed by atoms with Crippen LogP contribution < -0.4 is 0 Å². The van der Waals surface area contributed by atoms with Gasteiger partial charge >= 0.3 is 5.97 Å². The van der Waals surface area contributed by atoms with Crippen LogP contribution in [-0.2, 0) is 14.4 Å². The molecule has 0 saturated heterocycles. The Morgan fingerprint density at radius 3 is 2.40 bits per heavy atom. The zero-order chi connectivity index (χ0) is 11.8. The van der Waals surface area contributed by atoms with Crippen LogP contribution in [0, 0.1) is 0 Å². The monoisotopic (exact) mass is 221 g/mol. The van der Waals surface area contributed by atoms with Gasteiger partial charge in [0.2, 0.25) is 0 Å². The molecule has 90 valence electrons. The van der Waals surface area contributed by atoms with Gasteiger partial charge in [-0.15, -0.1) is 0 Å². The van der Waals surface area contributed by atoms with Gasteiger partial charge in [-0.25, -0.2) is 4.84 Å². The first kappa shape index (κ1) is 14.3. The standard InChI is InChI=1S/C9H19NO5/c1-7(2)14-9(11)6-4-5-8(3)15-10(12)13/h7-8,12-13H,4-6H2,1-3H3. The normalized spacial score (nSPS) is 13.3. The van der Waals surface area contributed by atoms with Crippen LogP contribution in [0.15, 0.2) is 0 Å². The molecule has 0 spiro atoms. The van der Waals surface area contributed by atoms with Crippen molar-refractivity contribution in [3.63, 3.8) is 0 Å². The van der Waals surface area contributed by atoms with Crippen molar-refractivity contribution in [1.29, 1.82) is 0 Å². The third kappa shape index (κ3) is 9.61. The summed E-state index contributed by atoms with van der Waals surface area (Å²) in [6.07, 6.45) is 0.983. The summed E-state index contributed by atoms with van der Waals surface area (Å²) in [6.45, 7) is 5.26. The highest BCUT2D eigenvalue weighted by molar-refractivity contribution is 5.69. The summed E-state index contributed by atoms with van der Waals surface area (Å²) in [5.74, 6) is -0.248. The molecule has 1 unspecified atom stereocenters. The zero-order valence-corrected chi connectivity index (χ0v) is 9.34. The summed E-state index contributed by atoms with van der Waals surface area (Å²) < 4.78 is 4.92.